The number of rotatable bonds is 3. The van der Waals surface area contributed by atoms with Crippen LogP contribution in [0.4, 0.5) is 10.1 Å². The van der Waals surface area contributed by atoms with Gasteiger partial charge in [0.25, 0.3) is 11.5 Å². The van der Waals surface area contributed by atoms with E-state index in [2.05, 4.69) is 0 Å². The molecule has 1 aliphatic heterocycles. The predicted molar refractivity (Wildman–Crippen MR) is 124 cm³/mol. The summed E-state index contributed by atoms with van der Waals surface area (Å²) < 4.78 is 16.7. The third kappa shape index (κ3) is 3.29. The van der Waals surface area contributed by atoms with Crippen molar-refractivity contribution in [3.05, 3.63) is 75.6 Å². The van der Waals surface area contributed by atoms with Gasteiger partial charge in [-0.05, 0) is 31.2 Å². The van der Waals surface area contributed by atoms with E-state index in [1.54, 1.807) is 27.7 Å². The van der Waals surface area contributed by atoms with Gasteiger partial charge >= 0.3 is 0 Å². The maximum atomic E-state index is 14.1. The van der Waals surface area contributed by atoms with E-state index in [4.69, 9.17) is 0 Å². The second-order valence-electron chi connectivity index (χ2n) is 7.65. The third-order valence-electron chi connectivity index (χ3n) is 5.93. The molecule has 7 heteroatoms. The van der Waals surface area contributed by atoms with E-state index in [9.17, 15) is 14.0 Å². The van der Waals surface area contributed by atoms with Gasteiger partial charge in [-0.2, -0.15) is 0 Å². The molecule has 0 N–H and O–H groups in total. The van der Waals surface area contributed by atoms with E-state index in [0.717, 1.165) is 15.6 Å². The first kappa shape index (κ1) is 19.8. The zero-order chi connectivity index (χ0) is 21.5. The number of hydrogen-bond acceptors (Lipinski definition) is 4. The molecule has 0 spiro atoms. The summed E-state index contributed by atoms with van der Waals surface area (Å²) in [5, 5.41) is 1.59. The molecular formula is C24H22FN3O2S. The lowest BCUT2D eigenvalue weighted by Gasteiger charge is -2.36. The second-order valence-corrected chi connectivity index (χ2v) is 8.70. The smallest absolute Gasteiger partial charge is 0.264 e. The zero-order valence-electron chi connectivity index (χ0n) is 17.2. The molecule has 2 aromatic carbocycles. The van der Waals surface area contributed by atoms with Crippen LogP contribution < -0.4 is 10.5 Å². The number of halogens is 1. The summed E-state index contributed by atoms with van der Waals surface area (Å²) in [5.41, 5.74) is 1.40. The van der Waals surface area contributed by atoms with Crippen LogP contribution in [-0.4, -0.2) is 41.6 Å². The number of carbonyl (C=O) groups excluding carboxylic acids is 1. The van der Waals surface area contributed by atoms with Gasteiger partial charge in [-0.1, -0.05) is 30.3 Å². The Balaban J connectivity index is 1.45. The molecule has 0 radical (unpaired) electrons. The van der Waals surface area contributed by atoms with Crippen molar-refractivity contribution in [1.82, 2.24) is 9.47 Å². The molecule has 1 aliphatic rings. The number of pyridine rings is 1. The van der Waals surface area contributed by atoms with Gasteiger partial charge in [0.1, 0.15) is 5.82 Å². The van der Waals surface area contributed by atoms with Crippen molar-refractivity contribution in [2.24, 2.45) is 0 Å². The Morgan fingerprint density at radius 3 is 2.45 bits per heavy atom. The van der Waals surface area contributed by atoms with Crippen molar-refractivity contribution in [3.8, 4) is 0 Å². The Hall–Kier alpha value is -3.19. The van der Waals surface area contributed by atoms with Crippen LogP contribution in [0.15, 0.2) is 59.4 Å². The van der Waals surface area contributed by atoms with Gasteiger partial charge in [-0.3, -0.25) is 9.59 Å². The molecule has 0 atom stereocenters. The normalized spacial score (nSPS) is 14.5. The average molecular weight is 436 g/mol. The van der Waals surface area contributed by atoms with Gasteiger partial charge in [0.05, 0.1) is 21.5 Å². The number of nitrogens with zero attached hydrogens (tertiary/aromatic N) is 3. The number of carbonyl (C=O) groups is 1. The van der Waals surface area contributed by atoms with Crippen molar-refractivity contribution in [2.45, 2.75) is 13.5 Å². The van der Waals surface area contributed by atoms with Gasteiger partial charge in [0.15, 0.2) is 0 Å². The minimum absolute atomic E-state index is 0.0594. The second kappa shape index (κ2) is 7.81. The Morgan fingerprint density at radius 1 is 1.00 bits per heavy atom. The highest BCUT2D eigenvalue weighted by Gasteiger charge is 2.25. The number of amides is 1. The minimum Gasteiger partial charge on any atom is -0.366 e. The molecule has 1 amide bonds. The Bertz CT molecular complexity index is 1350. The number of aromatic nitrogens is 1. The molecule has 0 aliphatic carbocycles. The first-order valence-corrected chi connectivity index (χ1v) is 11.2. The lowest BCUT2D eigenvalue weighted by Crippen LogP contribution is -2.48. The van der Waals surface area contributed by atoms with Crippen LogP contribution in [0.1, 0.15) is 16.6 Å². The lowest BCUT2D eigenvalue weighted by atomic mass is 10.1. The lowest BCUT2D eigenvalue weighted by molar-refractivity contribution is 0.0751. The van der Waals surface area contributed by atoms with Crippen molar-refractivity contribution >= 4 is 43.9 Å². The first-order valence-electron chi connectivity index (χ1n) is 10.4. The molecule has 2 aromatic heterocycles. The van der Waals surface area contributed by atoms with Crippen LogP contribution in [0.3, 0.4) is 0 Å². The van der Waals surface area contributed by atoms with Crippen LogP contribution in [0.5, 0.6) is 0 Å². The number of thiophene rings is 1. The fourth-order valence-corrected chi connectivity index (χ4v) is 5.49. The predicted octanol–water partition coefficient (Wildman–Crippen LogP) is 4.34. The molecule has 1 saturated heterocycles. The third-order valence-corrected chi connectivity index (χ3v) is 7.09. The fourth-order valence-electron chi connectivity index (χ4n) is 4.34. The topological polar surface area (TPSA) is 45.6 Å². The fraction of sp³-hybridized carbons (Fsp3) is 0.250. The molecule has 158 valence electrons. The van der Waals surface area contributed by atoms with Gasteiger partial charge in [0, 0.05) is 42.8 Å². The first-order chi connectivity index (χ1) is 15.1. The largest absolute Gasteiger partial charge is 0.366 e. The van der Waals surface area contributed by atoms with Gasteiger partial charge < -0.3 is 14.4 Å². The summed E-state index contributed by atoms with van der Waals surface area (Å²) in [6, 6.07) is 16.3. The summed E-state index contributed by atoms with van der Waals surface area (Å²) in [4.78, 5) is 30.6. The van der Waals surface area contributed by atoms with Gasteiger partial charge in [0.2, 0.25) is 0 Å². The summed E-state index contributed by atoms with van der Waals surface area (Å²) >= 11 is 1.38. The molecule has 0 unspecified atom stereocenters. The molecule has 4 aromatic rings. The quantitative estimate of drug-likeness (QED) is 0.481. The SMILES string of the molecule is CCn1c(=O)c2cc(C(=O)N3CCN(c4ccccc4F)CC3)sc2c2ccccc21. The molecule has 3 heterocycles. The minimum atomic E-state index is -0.245. The molecule has 1 fully saturated rings. The highest BCUT2D eigenvalue weighted by atomic mass is 32.1. The van der Waals surface area contributed by atoms with Crippen molar-refractivity contribution in [2.75, 3.05) is 31.1 Å². The van der Waals surface area contributed by atoms with Crippen LogP contribution in [0.25, 0.3) is 21.0 Å². The van der Waals surface area contributed by atoms with Crippen LogP contribution >= 0.6 is 11.3 Å². The number of aryl methyl sites for hydroxylation is 1. The van der Waals surface area contributed by atoms with Crippen LogP contribution in [0, 0.1) is 5.82 Å². The number of piperazine rings is 1. The molecule has 5 nitrogen and oxygen atoms in total. The maximum Gasteiger partial charge on any atom is 0.264 e. The summed E-state index contributed by atoms with van der Waals surface area (Å²) in [7, 11) is 0. The number of para-hydroxylation sites is 2. The number of benzene rings is 2. The Kier molecular flexibility index (Phi) is 4.98. The summed E-state index contributed by atoms with van der Waals surface area (Å²) in [5.74, 6) is -0.313. The molecule has 5 rings (SSSR count). The van der Waals surface area contributed by atoms with E-state index in [1.807, 2.05) is 42.2 Å². The van der Waals surface area contributed by atoms with Gasteiger partial charge in [-0.25, -0.2) is 4.39 Å². The number of fused-ring (bicyclic) bond motifs is 3. The van der Waals surface area contributed by atoms with Gasteiger partial charge in [-0.15, -0.1) is 11.3 Å². The molecular weight excluding hydrogens is 413 g/mol. The summed E-state index contributed by atoms with van der Waals surface area (Å²) in [6.07, 6.45) is 0. The van der Waals surface area contributed by atoms with E-state index < -0.39 is 0 Å². The maximum absolute atomic E-state index is 14.1. The van der Waals surface area contributed by atoms with E-state index in [-0.39, 0.29) is 17.3 Å². The zero-order valence-corrected chi connectivity index (χ0v) is 18.0. The van der Waals surface area contributed by atoms with E-state index in [0.29, 0.717) is 48.7 Å². The van der Waals surface area contributed by atoms with Crippen LogP contribution in [-0.2, 0) is 6.54 Å². The number of anilines is 1. The van der Waals surface area contributed by atoms with Crippen molar-refractivity contribution < 1.29 is 9.18 Å². The summed E-state index contributed by atoms with van der Waals surface area (Å²) in [6.45, 7) is 4.70. The monoisotopic (exact) mass is 435 g/mol. The van der Waals surface area contributed by atoms with Crippen molar-refractivity contribution in [1.29, 1.82) is 0 Å². The highest BCUT2D eigenvalue weighted by Crippen LogP contribution is 2.31. The van der Waals surface area contributed by atoms with Crippen LogP contribution in [0.2, 0.25) is 0 Å². The Labute approximate surface area is 182 Å². The molecule has 31 heavy (non-hydrogen) atoms. The van der Waals surface area contributed by atoms with E-state index >= 15 is 0 Å². The number of hydrogen-bond donors (Lipinski definition) is 0. The average Bonchev–Trinajstić information content (AvgIpc) is 3.26. The highest BCUT2D eigenvalue weighted by molar-refractivity contribution is 7.21. The molecule has 0 saturated carbocycles. The Morgan fingerprint density at radius 2 is 1.71 bits per heavy atom. The van der Waals surface area contributed by atoms with Crippen molar-refractivity contribution in [3.63, 3.8) is 0 Å². The molecule has 0 bridgehead atoms. The standard InChI is InChI=1S/C24H22FN3O2S/c1-2-28-19-9-5-3-7-16(19)22-17(23(28)29)15-21(31-22)24(30)27-13-11-26(12-14-27)20-10-6-4-8-18(20)25/h3-10,15H,2,11-14H2,1H3. The van der Waals surface area contributed by atoms with E-state index in [1.165, 1.54) is 17.4 Å².